The molecule has 8 nitrogen and oxygen atoms in total. The summed E-state index contributed by atoms with van der Waals surface area (Å²) in [5.74, 6) is -0.654. The molecule has 2 N–H and O–H groups in total. The van der Waals surface area contributed by atoms with Crippen molar-refractivity contribution in [2.45, 2.75) is 6.61 Å². The molecule has 0 aliphatic carbocycles. The Balaban J connectivity index is 3.26. The van der Waals surface area contributed by atoms with Crippen LogP contribution >= 0.6 is 0 Å². The van der Waals surface area contributed by atoms with Gasteiger partial charge in [0.25, 0.3) is 0 Å². The van der Waals surface area contributed by atoms with Crippen molar-refractivity contribution < 1.29 is 27.2 Å². The van der Waals surface area contributed by atoms with Crippen molar-refractivity contribution in [1.29, 1.82) is 0 Å². The number of benzene rings is 1. The van der Waals surface area contributed by atoms with Crippen LogP contribution in [0.25, 0.3) is 0 Å². The van der Waals surface area contributed by atoms with Gasteiger partial charge < -0.3 is 9.29 Å². The third-order valence-electron chi connectivity index (χ3n) is 1.60. The highest BCUT2D eigenvalue weighted by atomic mass is 32.3. The van der Waals surface area contributed by atoms with Crippen molar-refractivity contribution in [3.63, 3.8) is 0 Å². The van der Waals surface area contributed by atoms with E-state index >= 15 is 0 Å². The van der Waals surface area contributed by atoms with Crippen molar-refractivity contribution in [1.82, 2.24) is 0 Å². The largest absolute Gasteiger partial charge is 0.446 e. The van der Waals surface area contributed by atoms with E-state index in [0.29, 0.717) is 0 Å². The minimum atomic E-state index is -4.84. The zero-order valence-corrected chi connectivity index (χ0v) is 8.55. The molecular weight excluding hydrogens is 242 g/mol. The predicted octanol–water partition coefficient (Wildman–Crippen LogP) is 0.269. The number of aliphatic hydroxyl groups excluding tert-OH is 1. The predicted molar refractivity (Wildman–Crippen MR) is 51.2 cm³/mol. The highest BCUT2D eigenvalue weighted by molar-refractivity contribution is 7.81. The molecule has 0 aliphatic rings. The number of hydrogen-bond acceptors (Lipinski definition) is 6. The van der Waals surface area contributed by atoms with Gasteiger partial charge in [-0.2, -0.15) is 8.42 Å². The van der Waals surface area contributed by atoms with Gasteiger partial charge in [0, 0.05) is 6.07 Å². The molecule has 1 aromatic carbocycles. The van der Waals surface area contributed by atoms with Crippen LogP contribution in [-0.2, 0) is 17.0 Å². The topological polar surface area (TPSA) is 127 Å². The van der Waals surface area contributed by atoms with Gasteiger partial charge in [-0.25, -0.2) is 0 Å². The maximum Gasteiger partial charge on any atom is 0.446 e. The van der Waals surface area contributed by atoms with E-state index in [-0.39, 0.29) is 5.56 Å². The molecular formula is C7H7NO7S. The van der Waals surface area contributed by atoms with Crippen LogP contribution in [0.1, 0.15) is 5.56 Å². The minimum Gasteiger partial charge on any atom is -0.392 e. The monoisotopic (exact) mass is 249 g/mol. The van der Waals surface area contributed by atoms with Crippen molar-refractivity contribution in [2.75, 3.05) is 0 Å². The number of nitrogens with zero attached hydrogens (tertiary/aromatic N) is 1. The second-order valence-corrected chi connectivity index (χ2v) is 3.75. The van der Waals surface area contributed by atoms with Crippen LogP contribution in [0.2, 0.25) is 0 Å². The van der Waals surface area contributed by atoms with Gasteiger partial charge in [-0.15, -0.1) is 0 Å². The molecule has 0 bridgehead atoms. The fourth-order valence-electron chi connectivity index (χ4n) is 0.988. The Bertz CT molecular complexity index is 509. The minimum absolute atomic E-state index is 0.212. The van der Waals surface area contributed by atoms with E-state index in [2.05, 4.69) is 4.18 Å². The van der Waals surface area contributed by atoms with E-state index in [1.54, 1.807) is 0 Å². The molecule has 88 valence electrons. The van der Waals surface area contributed by atoms with Crippen molar-refractivity contribution in [2.24, 2.45) is 0 Å². The second kappa shape index (κ2) is 4.43. The lowest BCUT2D eigenvalue weighted by molar-refractivity contribution is -0.385. The standard InChI is InChI=1S/C7H7NO7S/c9-4-5-1-2-6(8(10)11)7(3-5)15-16(12,13)14/h1-3,9H,4H2,(H,12,13,14). The molecule has 0 amide bonds. The summed E-state index contributed by atoms with van der Waals surface area (Å²) >= 11 is 0. The Labute approximate surface area is 90.2 Å². The van der Waals surface area contributed by atoms with Gasteiger partial charge in [0.2, 0.25) is 5.75 Å². The van der Waals surface area contributed by atoms with Crippen LogP contribution in [0.5, 0.6) is 5.75 Å². The fraction of sp³-hybridized carbons (Fsp3) is 0.143. The second-order valence-electron chi connectivity index (χ2n) is 2.73. The van der Waals surface area contributed by atoms with Gasteiger partial charge in [-0.3, -0.25) is 14.7 Å². The number of nitro groups is 1. The maximum atomic E-state index is 10.5. The van der Waals surface area contributed by atoms with Crippen LogP contribution < -0.4 is 4.18 Å². The summed E-state index contributed by atoms with van der Waals surface area (Å²) in [4.78, 5) is 9.62. The summed E-state index contributed by atoms with van der Waals surface area (Å²) in [6.45, 7) is -0.445. The van der Waals surface area contributed by atoms with Crippen LogP contribution in [0.3, 0.4) is 0 Å². The number of hydrogen-bond donors (Lipinski definition) is 2. The fourth-order valence-corrected chi connectivity index (χ4v) is 1.35. The quantitative estimate of drug-likeness (QED) is 0.445. The van der Waals surface area contributed by atoms with Crippen molar-refractivity contribution in [3.8, 4) is 5.75 Å². The van der Waals surface area contributed by atoms with Gasteiger partial charge in [0.1, 0.15) is 0 Å². The third-order valence-corrected chi connectivity index (χ3v) is 1.99. The van der Waals surface area contributed by atoms with Crippen molar-refractivity contribution >= 4 is 16.1 Å². The van der Waals surface area contributed by atoms with E-state index in [1.807, 2.05) is 0 Å². The summed E-state index contributed by atoms with van der Waals surface area (Å²) in [5.41, 5.74) is -0.418. The Hall–Kier alpha value is -1.71. The van der Waals surface area contributed by atoms with Crippen LogP contribution in [-0.4, -0.2) is 23.0 Å². The highest BCUT2D eigenvalue weighted by Gasteiger charge is 2.20. The molecule has 16 heavy (non-hydrogen) atoms. The average molecular weight is 249 g/mol. The normalized spacial score (nSPS) is 11.1. The molecule has 1 aromatic rings. The molecule has 0 aliphatic heterocycles. The first-order valence-electron chi connectivity index (χ1n) is 3.88. The van der Waals surface area contributed by atoms with Crippen LogP contribution in [0.4, 0.5) is 5.69 Å². The molecule has 0 atom stereocenters. The molecule has 0 saturated heterocycles. The molecule has 9 heteroatoms. The van der Waals surface area contributed by atoms with Crippen LogP contribution in [0.15, 0.2) is 18.2 Å². The first-order chi connectivity index (χ1) is 7.33. The van der Waals surface area contributed by atoms with Gasteiger partial charge >= 0.3 is 16.1 Å². The number of aliphatic hydroxyl groups is 1. The van der Waals surface area contributed by atoms with Gasteiger partial charge in [-0.05, 0) is 17.7 Å². The Kier molecular flexibility index (Phi) is 3.42. The lowest BCUT2D eigenvalue weighted by atomic mass is 10.2. The summed E-state index contributed by atoms with van der Waals surface area (Å²) in [6, 6.07) is 3.15. The number of rotatable bonds is 4. The first-order valence-corrected chi connectivity index (χ1v) is 5.25. The van der Waals surface area contributed by atoms with Crippen molar-refractivity contribution in [3.05, 3.63) is 33.9 Å². The molecule has 0 radical (unpaired) electrons. The molecule has 0 fully saturated rings. The Morgan fingerprint density at radius 2 is 2.06 bits per heavy atom. The van der Waals surface area contributed by atoms with E-state index in [1.165, 1.54) is 6.07 Å². The van der Waals surface area contributed by atoms with Gasteiger partial charge in [0.15, 0.2) is 0 Å². The first kappa shape index (κ1) is 12.4. The Morgan fingerprint density at radius 3 is 2.50 bits per heavy atom. The van der Waals surface area contributed by atoms with Gasteiger partial charge in [0.05, 0.1) is 11.5 Å². The average Bonchev–Trinajstić information content (AvgIpc) is 2.14. The molecule has 0 spiro atoms. The summed E-state index contributed by atoms with van der Waals surface area (Å²) in [6.07, 6.45) is 0. The SMILES string of the molecule is O=[N+]([O-])c1ccc(CO)cc1OS(=O)(=O)O. The van der Waals surface area contributed by atoms with E-state index < -0.39 is 33.4 Å². The summed E-state index contributed by atoms with van der Waals surface area (Å²) in [7, 11) is -4.84. The number of nitro benzene ring substituents is 1. The lowest BCUT2D eigenvalue weighted by Gasteiger charge is -2.04. The molecule has 1 rings (SSSR count). The highest BCUT2D eigenvalue weighted by Crippen LogP contribution is 2.28. The molecule has 0 aromatic heterocycles. The van der Waals surface area contributed by atoms with Gasteiger partial charge in [-0.1, -0.05) is 0 Å². The lowest BCUT2D eigenvalue weighted by Crippen LogP contribution is -2.08. The summed E-state index contributed by atoms with van der Waals surface area (Å²) < 4.78 is 33.3. The zero-order valence-electron chi connectivity index (χ0n) is 7.73. The van der Waals surface area contributed by atoms with E-state index in [0.717, 1.165) is 12.1 Å². The summed E-state index contributed by atoms with van der Waals surface area (Å²) in [5, 5.41) is 19.2. The molecule has 0 saturated carbocycles. The maximum absolute atomic E-state index is 10.5. The van der Waals surface area contributed by atoms with E-state index in [9.17, 15) is 18.5 Å². The molecule has 0 heterocycles. The third kappa shape index (κ3) is 3.15. The zero-order chi connectivity index (χ0) is 12.3. The Morgan fingerprint density at radius 1 is 1.44 bits per heavy atom. The smallest absolute Gasteiger partial charge is 0.392 e. The van der Waals surface area contributed by atoms with Crippen LogP contribution in [0, 0.1) is 10.1 Å². The molecule has 0 unspecified atom stereocenters. The van der Waals surface area contributed by atoms with E-state index in [4.69, 9.17) is 9.66 Å².